The van der Waals surface area contributed by atoms with E-state index in [1.54, 1.807) is 6.08 Å². The number of nitrogens with zero attached hydrogens (tertiary/aromatic N) is 1. The fourth-order valence-electron chi connectivity index (χ4n) is 2.54. The van der Waals surface area contributed by atoms with Crippen LogP contribution in [0.2, 0.25) is 0 Å². The molecule has 0 N–H and O–H groups in total. The highest BCUT2D eigenvalue weighted by Crippen LogP contribution is 2.35. The van der Waals surface area contributed by atoms with Crippen LogP contribution in [0.25, 0.3) is 6.08 Å². The molecular formula is C20H18BrNO3S. The van der Waals surface area contributed by atoms with Gasteiger partial charge in [0.1, 0.15) is 12.4 Å². The van der Waals surface area contributed by atoms with Crippen LogP contribution in [0, 0.1) is 0 Å². The van der Waals surface area contributed by atoms with Crippen molar-refractivity contribution < 1.29 is 14.3 Å². The zero-order valence-corrected chi connectivity index (χ0v) is 16.8. The van der Waals surface area contributed by atoms with Crippen LogP contribution < -0.4 is 4.74 Å². The first-order valence-electron chi connectivity index (χ1n) is 8.19. The van der Waals surface area contributed by atoms with E-state index >= 15 is 0 Å². The summed E-state index contributed by atoms with van der Waals surface area (Å²) in [6.45, 7) is 4.13. The lowest BCUT2D eigenvalue weighted by Gasteiger charge is -2.16. The standard InChI is InChI=1S/C20H18BrNO3S/c1-13(2)22-19(23)18(26-20(22)24)11-15-8-9-17(16(21)10-15)25-12-14-6-4-3-5-7-14/h3-11,13H,12H2,1-2H3/b18-11+. The molecule has 2 amide bonds. The van der Waals surface area contributed by atoms with Gasteiger partial charge < -0.3 is 4.74 Å². The molecule has 1 fully saturated rings. The number of amides is 2. The van der Waals surface area contributed by atoms with Crippen LogP contribution in [-0.4, -0.2) is 22.1 Å². The molecule has 6 heteroatoms. The number of carbonyl (C=O) groups excluding carboxylic acids is 2. The van der Waals surface area contributed by atoms with Crippen LogP contribution in [0.4, 0.5) is 4.79 Å². The molecule has 0 aliphatic carbocycles. The maximum atomic E-state index is 12.4. The first kappa shape index (κ1) is 18.7. The van der Waals surface area contributed by atoms with Gasteiger partial charge in [0.2, 0.25) is 0 Å². The van der Waals surface area contributed by atoms with Gasteiger partial charge in [-0.1, -0.05) is 36.4 Å². The van der Waals surface area contributed by atoms with Gasteiger partial charge in [-0.3, -0.25) is 14.5 Å². The van der Waals surface area contributed by atoms with E-state index in [0.29, 0.717) is 11.5 Å². The largest absolute Gasteiger partial charge is 0.488 e. The Hall–Kier alpha value is -2.05. The SMILES string of the molecule is CC(C)N1C(=O)S/C(=C/c2ccc(OCc3ccccc3)c(Br)c2)C1=O. The Morgan fingerprint density at radius 3 is 2.50 bits per heavy atom. The monoisotopic (exact) mass is 431 g/mol. The molecule has 2 aromatic rings. The van der Waals surface area contributed by atoms with Crippen molar-refractivity contribution in [3.63, 3.8) is 0 Å². The lowest BCUT2D eigenvalue weighted by Crippen LogP contribution is -2.34. The molecule has 26 heavy (non-hydrogen) atoms. The molecule has 0 bridgehead atoms. The smallest absolute Gasteiger partial charge is 0.293 e. The molecule has 1 heterocycles. The number of hydrogen-bond acceptors (Lipinski definition) is 4. The number of hydrogen-bond donors (Lipinski definition) is 0. The molecule has 4 nitrogen and oxygen atoms in total. The van der Waals surface area contributed by atoms with E-state index in [0.717, 1.165) is 33.1 Å². The number of carbonyl (C=O) groups is 2. The number of halogens is 1. The molecule has 1 aliphatic heterocycles. The van der Waals surface area contributed by atoms with Gasteiger partial charge in [-0.15, -0.1) is 0 Å². The molecular weight excluding hydrogens is 414 g/mol. The second kappa shape index (κ2) is 8.10. The minimum absolute atomic E-state index is 0.145. The fourth-order valence-corrected chi connectivity index (χ4v) is 4.01. The van der Waals surface area contributed by atoms with Gasteiger partial charge in [0, 0.05) is 6.04 Å². The Balaban J connectivity index is 1.73. The summed E-state index contributed by atoms with van der Waals surface area (Å²) in [4.78, 5) is 26.0. The molecule has 2 aromatic carbocycles. The summed E-state index contributed by atoms with van der Waals surface area (Å²) in [7, 11) is 0. The van der Waals surface area contributed by atoms with Gasteiger partial charge in [-0.05, 0) is 70.9 Å². The normalized spacial score (nSPS) is 16.0. The minimum Gasteiger partial charge on any atom is -0.488 e. The van der Waals surface area contributed by atoms with Crippen LogP contribution in [0.3, 0.4) is 0 Å². The van der Waals surface area contributed by atoms with Crippen molar-refractivity contribution in [2.24, 2.45) is 0 Å². The summed E-state index contributed by atoms with van der Waals surface area (Å²) >= 11 is 4.48. The highest BCUT2D eigenvalue weighted by molar-refractivity contribution is 9.10. The Morgan fingerprint density at radius 2 is 1.88 bits per heavy atom. The second-order valence-electron chi connectivity index (χ2n) is 6.11. The summed E-state index contributed by atoms with van der Waals surface area (Å²) in [6, 6.07) is 15.4. The summed E-state index contributed by atoms with van der Waals surface area (Å²) in [5.41, 5.74) is 1.92. The fraction of sp³-hybridized carbons (Fsp3) is 0.200. The molecule has 0 unspecified atom stereocenters. The Bertz CT molecular complexity index is 865. The predicted molar refractivity (Wildman–Crippen MR) is 108 cm³/mol. The van der Waals surface area contributed by atoms with E-state index < -0.39 is 0 Å². The van der Waals surface area contributed by atoms with Crippen molar-refractivity contribution in [2.75, 3.05) is 0 Å². The van der Waals surface area contributed by atoms with Crippen LogP contribution in [0.5, 0.6) is 5.75 Å². The maximum absolute atomic E-state index is 12.4. The molecule has 0 saturated carbocycles. The van der Waals surface area contributed by atoms with Crippen LogP contribution in [0.1, 0.15) is 25.0 Å². The Kier molecular flexibility index (Phi) is 5.84. The van der Waals surface area contributed by atoms with Crippen molar-refractivity contribution in [3.05, 3.63) is 69.0 Å². The Morgan fingerprint density at radius 1 is 1.15 bits per heavy atom. The molecule has 0 aromatic heterocycles. The van der Waals surface area contributed by atoms with E-state index in [9.17, 15) is 9.59 Å². The van der Waals surface area contributed by atoms with E-state index in [4.69, 9.17) is 4.74 Å². The van der Waals surface area contributed by atoms with Gasteiger partial charge in [0.25, 0.3) is 11.1 Å². The average molecular weight is 432 g/mol. The average Bonchev–Trinajstić information content (AvgIpc) is 2.88. The summed E-state index contributed by atoms with van der Waals surface area (Å²) in [6.07, 6.45) is 1.74. The lowest BCUT2D eigenvalue weighted by atomic mass is 10.2. The van der Waals surface area contributed by atoms with E-state index in [1.807, 2.05) is 62.4 Å². The van der Waals surface area contributed by atoms with Crippen molar-refractivity contribution in [2.45, 2.75) is 26.5 Å². The van der Waals surface area contributed by atoms with Gasteiger partial charge in [-0.2, -0.15) is 0 Å². The molecule has 1 saturated heterocycles. The van der Waals surface area contributed by atoms with E-state index in [-0.39, 0.29) is 17.2 Å². The summed E-state index contributed by atoms with van der Waals surface area (Å²) in [5, 5.41) is -0.224. The molecule has 0 spiro atoms. The van der Waals surface area contributed by atoms with Gasteiger partial charge in [0.05, 0.1) is 9.38 Å². The maximum Gasteiger partial charge on any atom is 0.293 e. The number of rotatable bonds is 5. The van der Waals surface area contributed by atoms with Gasteiger partial charge in [-0.25, -0.2) is 0 Å². The lowest BCUT2D eigenvalue weighted by molar-refractivity contribution is -0.123. The van der Waals surface area contributed by atoms with Crippen LogP contribution in [-0.2, 0) is 11.4 Å². The number of ether oxygens (including phenoxy) is 1. The van der Waals surface area contributed by atoms with Crippen molar-refractivity contribution in [3.8, 4) is 5.75 Å². The minimum atomic E-state index is -0.240. The van der Waals surface area contributed by atoms with Crippen molar-refractivity contribution >= 4 is 44.9 Å². The topological polar surface area (TPSA) is 46.6 Å². The highest BCUT2D eigenvalue weighted by Gasteiger charge is 2.36. The third kappa shape index (κ3) is 4.19. The molecule has 3 rings (SSSR count). The predicted octanol–water partition coefficient (Wildman–Crippen LogP) is 5.47. The third-order valence-electron chi connectivity index (χ3n) is 3.83. The van der Waals surface area contributed by atoms with E-state index in [2.05, 4.69) is 15.9 Å². The van der Waals surface area contributed by atoms with Gasteiger partial charge >= 0.3 is 0 Å². The molecule has 1 aliphatic rings. The van der Waals surface area contributed by atoms with Crippen molar-refractivity contribution in [1.29, 1.82) is 0 Å². The second-order valence-corrected chi connectivity index (χ2v) is 7.96. The summed E-state index contributed by atoms with van der Waals surface area (Å²) in [5.74, 6) is 0.483. The van der Waals surface area contributed by atoms with E-state index in [1.165, 1.54) is 4.90 Å². The molecule has 134 valence electrons. The van der Waals surface area contributed by atoms with Crippen LogP contribution >= 0.6 is 27.7 Å². The third-order valence-corrected chi connectivity index (χ3v) is 5.33. The zero-order valence-electron chi connectivity index (χ0n) is 14.4. The molecule has 0 radical (unpaired) electrons. The number of benzene rings is 2. The van der Waals surface area contributed by atoms with Crippen molar-refractivity contribution in [1.82, 2.24) is 4.90 Å². The first-order valence-corrected chi connectivity index (χ1v) is 9.80. The number of imide groups is 1. The van der Waals surface area contributed by atoms with Crippen LogP contribution in [0.15, 0.2) is 57.9 Å². The summed E-state index contributed by atoms with van der Waals surface area (Å²) < 4.78 is 6.63. The van der Waals surface area contributed by atoms with Gasteiger partial charge in [0.15, 0.2) is 0 Å². The molecule has 0 atom stereocenters. The first-order chi connectivity index (χ1) is 12.5. The zero-order chi connectivity index (χ0) is 18.7. The quantitative estimate of drug-likeness (QED) is 0.588. The number of thioether (sulfide) groups is 1. The Labute approximate surface area is 165 Å². The highest BCUT2D eigenvalue weighted by atomic mass is 79.9.